The SMILES string of the molecule is O=C(COc1ccccc1-c1nc2ccccc2c(=O)[nH]1)NCC1CCCO1. The highest BCUT2D eigenvalue weighted by molar-refractivity contribution is 5.80. The number of hydrogen-bond donors (Lipinski definition) is 2. The summed E-state index contributed by atoms with van der Waals surface area (Å²) in [6.07, 6.45) is 2.08. The molecule has 1 atom stereocenters. The molecule has 2 heterocycles. The number of ether oxygens (including phenoxy) is 2. The molecule has 1 aliphatic rings. The molecule has 7 nitrogen and oxygen atoms in total. The lowest BCUT2D eigenvalue weighted by Crippen LogP contribution is -2.35. The maximum absolute atomic E-state index is 12.3. The molecule has 4 rings (SSSR count). The standard InChI is InChI=1S/C21H21N3O4/c25-19(22-12-14-6-5-11-27-14)13-28-18-10-4-2-8-16(18)20-23-17-9-3-1-7-15(17)21(26)24-20/h1-4,7-10,14H,5-6,11-13H2,(H,22,25)(H,23,24,26). The fraction of sp³-hybridized carbons (Fsp3) is 0.286. The van der Waals surface area contributed by atoms with Gasteiger partial charge in [-0.3, -0.25) is 9.59 Å². The summed E-state index contributed by atoms with van der Waals surface area (Å²) in [5.41, 5.74) is 1.01. The number of H-pyrrole nitrogens is 1. The Morgan fingerprint density at radius 3 is 2.89 bits per heavy atom. The Bertz CT molecular complexity index is 1040. The van der Waals surface area contributed by atoms with Crippen molar-refractivity contribution < 1.29 is 14.3 Å². The summed E-state index contributed by atoms with van der Waals surface area (Å²) < 4.78 is 11.2. The Morgan fingerprint density at radius 2 is 2.04 bits per heavy atom. The minimum absolute atomic E-state index is 0.0862. The van der Waals surface area contributed by atoms with E-state index in [1.54, 1.807) is 30.3 Å². The number of carbonyl (C=O) groups excluding carboxylic acids is 1. The zero-order valence-electron chi connectivity index (χ0n) is 15.3. The second kappa shape index (κ2) is 8.22. The zero-order valence-corrected chi connectivity index (χ0v) is 15.3. The van der Waals surface area contributed by atoms with Gasteiger partial charge in [-0.05, 0) is 37.1 Å². The zero-order chi connectivity index (χ0) is 19.3. The molecule has 0 saturated carbocycles. The number of hydrogen-bond acceptors (Lipinski definition) is 5. The van der Waals surface area contributed by atoms with Gasteiger partial charge in [0.2, 0.25) is 0 Å². The predicted octanol–water partition coefficient (Wildman–Crippen LogP) is 2.26. The van der Waals surface area contributed by atoms with Gasteiger partial charge in [-0.1, -0.05) is 24.3 Å². The number of benzene rings is 2. The van der Waals surface area contributed by atoms with Crippen LogP contribution in [0.4, 0.5) is 0 Å². The lowest BCUT2D eigenvalue weighted by molar-refractivity contribution is -0.123. The van der Waals surface area contributed by atoms with Gasteiger partial charge >= 0.3 is 0 Å². The molecule has 1 amide bonds. The van der Waals surface area contributed by atoms with Crippen molar-refractivity contribution in [3.05, 3.63) is 58.9 Å². The first kappa shape index (κ1) is 18.2. The molecule has 1 unspecified atom stereocenters. The predicted molar refractivity (Wildman–Crippen MR) is 105 cm³/mol. The van der Waals surface area contributed by atoms with Gasteiger partial charge in [0.25, 0.3) is 11.5 Å². The van der Waals surface area contributed by atoms with E-state index in [9.17, 15) is 9.59 Å². The number of aromatic amines is 1. The van der Waals surface area contributed by atoms with E-state index in [0.717, 1.165) is 19.4 Å². The van der Waals surface area contributed by atoms with E-state index in [1.807, 2.05) is 18.2 Å². The van der Waals surface area contributed by atoms with Gasteiger partial charge in [-0.15, -0.1) is 0 Å². The molecule has 1 aliphatic heterocycles. The molecule has 0 bridgehead atoms. The molecule has 0 spiro atoms. The lowest BCUT2D eigenvalue weighted by Gasteiger charge is -2.13. The van der Waals surface area contributed by atoms with Gasteiger partial charge in [0.15, 0.2) is 6.61 Å². The molecule has 28 heavy (non-hydrogen) atoms. The average molecular weight is 379 g/mol. The maximum Gasteiger partial charge on any atom is 0.259 e. The van der Waals surface area contributed by atoms with Gasteiger partial charge in [-0.2, -0.15) is 0 Å². The normalized spacial score (nSPS) is 16.2. The van der Waals surface area contributed by atoms with E-state index in [0.29, 0.717) is 34.6 Å². The minimum atomic E-state index is -0.218. The second-order valence-electron chi connectivity index (χ2n) is 6.66. The molecule has 1 aromatic heterocycles. The Labute approximate surface area is 161 Å². The molecule has 3 aromatic rings. The number of carbonyl (C=O) groups is 1. The monoisotopic (exact) mass is 379 g/mol. The van der Waals surface area contributed by atoms with E-state index in [4.69, 9.17) is 9.47 Å². The first-order chi connectivity index (χ1) is 13.7. The summed E-state index contributed by atoms with van der Waals surface area (Å²) in [5, 5.41) is 3.35. The van der Waals surface area contributed by atoms with Crippen LogP contribution in [-0.2, 0) is 9.53 Å². The quantitative estimate of drug-likeness (QED) is 0.685. The number of aromatic nitrogens is 2. The number of rotatable bonds is 6. The summed E-state index contributed by atoms with van der Waals surface area (Å²) in [7, 11) is 0. The van der Waals surface area contributed by atoms with Gasteiger partial charge in [0.1, 0.15) is 11.6 Å². The van der Waals surface area contributed by atoms with Crippen LogP contribution in [0.15, 0.2) is 53.3 Å². The van der Waals surface area contributed by atoms with Gasteiger partial charge in [0, 0.05) is 13.2 Å². The van der Waals surface area contributed by atoms with Gasteiger partial charge in [0.05, 0.1) is 22.6 Å². The van der Waals surface area contributed by atoms with E-state index < -0.39 is 0 Å². The highest BCUT2D eigenvalue weighted by Crippen LogP contribution is 2.27. The van der Waals surface area contributed by atoms with Crippen LogP contribution in [0.25, 0.3) is 22.3 Å². The van der Waals surface area contributed by atoms with Crippen LogP contribution in [0.1, 0.15) is 12.8 Å². The highest BCUT2D eigenvalue weighted by atomic mass is 16.5. The molecular formula is C21H21N3O4. The summed E-state index contributed by atoms with van der Waals surface area (Å²) in [6, 6.07) is 14.3. The fourth-order valence-electron chi connectivity index (χ4n) is 3.23. The van der Waals surface area contributed by atoms with Crippen molar-refractivity contribution >= 4 is 16.8 Å². The van der Waals surface area contributed by atoms with E-state index in [-0.39, 0.29) is 24.2 Å². The van der Waals surface area contributed by atoms with Crippen molar-refractivity contribution in [3.63, 3.8) is 0 Å². The largest absolute Gasteiger partial charge is 0.483 e. The molecule has 2 N–H and O–H groups in total. The van der Waals surface area contributed by atoms with Crippen LogP contribution in [0.2, 0.25) is 0 Å². The van der Waals surface area contributed by atoms with Crippen molar-refractivity contribution in [2.45, 2.75) is 18.9 Å². The molecule has 7 heteroatoms. The molecule has 0 aliphatic carbocycles. The van der Waals surface area contributed by atoms with Gasteiger partial charge in [-0.25, -0.2) is 4.98 Å². The Morgan fingerprint density at radius 1 is 1.21 bits per heavy atom. The Hall–Kier alpha value is -3.19. The topological polar surface area (TPSA) is 93.3 Å². The lowest BCUT2D eigenvalue weighted by atomic mass is 10.1. The van der Waals surface area contributed by atoms with Crippen LogP contribution in [0.3, 0.4) is 0 Å². The smallest absolute Gasteiger partial charge is 0.259 e. The molecule has 0 radical (unpaired) electrons. The van der Waals surface area contributed by atoms with Crippen LogP contribution in [0.5, 0.6) is 5.75 Å². The number of fused-ring (bicyclic) bond motifs is 1. The van der Waals surface area contributed by atoms with Crippen LogP contribution >= 0.6 is 0 Å². The third-order valence-corrected chi connectivity index (χ3v) is 4.66. The first-order valence-electron chi connectivity index (χ1n) is 9.30. The summed E-state index contributed by atoms with van der Waals surface area (Å²) in [5.74, 6) is 0.664. The number of para-hydroxylation sites is 2. The molecular weight excluding hydrogens is 358 g/mol. The fourth-order valence-corrected chi connectivity index (χ4v) is 3.23. The van der Waals surface area contributed by atoms with Crippen molar-refractivity contribution in [2.75, 3.05) is 19.8 Å². The third kappa shape index (κ3) is 4.04. The van der Waals surface area contributed by atoms with E-state index in [1.165, 1.54) is 0 Å². The molecule has 1 saturated heterocycles. The van der Waals surface area contributed by atoms with Gasteiger partial charge < -0.3 is 19.8 Å². The molecule has 144 valence electrons. The molecule has 2 aromatic carbocycles. The van der Waals surface area contributed by atoms with Crippen LogP contribution in [0, 0.1) is 0 Å². The third-order valence-electron chi connectivity index (χ3n) is 4.66. The number of nitrogens with one attached hydrogen (secondary N) is 2. The Balaban J connectivity index is 1.49. The first-order valence-corrected chi connectivity index (χ1v) is 9.30. The average Bonchev–Trinajstić information content (AvgIpc) is 3.24. The van der Waals surface area contributed by atoms with Crippen LogP contribution in [-0.4, -0.2) is 41.7 Å². The van der Waals surface area contributed by atoms with Crippen molar-refractivity contribution in [3.8, 4) is 17.1 Å². The highest BCUT2D eigenvalue weighted by Gasteiger charge is 2.17. The van der Waals surface area contributed by atoms with Crippen molar-refractivity contribution in [2.24, 2.45) is 0 Å². The van der Waals surface area contributed by atoms with E-state index >= 15 is 0 Å². The van der Waals surface area contributed by atoms with E-state index in [2.05, 4.69) is 15.3 Å². The summed E-state index contributed by atoms with van der Waals surface area (Å²) in [6.45, 7) is 1.12. The minimum Gasteiger partial charge on any atom is -0.483 e. The van der Waals surface area contributed by atoms with Crippen LogP contribution < -0.4 is 15.6 Å². The number of amides is 1. The second-order valence-corrected chi connectivity index (χ2v) is 6.66. The molecule has 1 fully saturated rings. The summed E-state index contributed by atoms with van der Waals surface area (Å²) in [4.78, 5) is 31.8. The summed E-state index contributed by atoms with van der Waals surface area (Å²) >= 11 is 0. The maximum atomic E-state index is 12.3. The Kier molecular flexibility index (Phi) is 5.34. The van der Waals surface area contributed by atoms with Crippen molar-refractivity contribution in [1.29, 1.82) is 0 Å². The number of nitrogens with zero attached hydrogens (tertiary/aromatic N) is 1. The van der Waals surface area contributed by atoms with Crippen molar-refractivity contribution in [1.82, 2.24) is 15.3 Å².